The summed E-state index contributed by atoms with van der Waals surface area (Å²) in [6.07, 6.45) is 0.201. The Hall–Kier alpha value is -2.97. The first-order chi connectivity index (χ1) is 14.1. The molecule has 2 aromatic heterocycles. The van der Waals surface area contributed by atoms with Gasteiger partial charge in [-0.3, -0.25) is 4.79 Å². The lowest BCUT2D eigenvalue weighted by atomic mass is 10.2. The fourth-order valence-corrected chi connectivity index (χ4v) is 4.53. The highest BCUT2D eigenvalue weighted by molar-refractivity contribution is 7.22. The standard InChI is InChI=1S/C21H19N3O3S2/c1-3-27-15-6-4-13(5-7-15)20-22-14(12-28-20)10-19(25)24-21-23-17-9-8-16(26-2)11-18(17)29-21/h4-9,11-12H,3,10H2,1-2H3,(H,23,24,25). The molecule has 0 radical (unpaired) electrons. The van der Waals surface area contributed by atoms with Crippen LogP contribution in [0.15, 0.2) is 47.8 Å². The van der Waals surface area contributed by atoms with Crippen LogP contribution in [0.2, 0.25) is 0 Å². The monoisotopic (exact) mass is 425 g/mol. The molecule has 0 saturated carbocycles. The highest BCUT2D eigenvalue weighted by atomic mass is 32.1. The van der Waals surface area contributed by atoms with Crippen molar-refractivity contribution >= 4 is 43.9 Å². The zero-order chi connectivity index (χ0) is 20.2. The fraction of sp³-hybridized carbons (Fsp3) is 0.190. The maximum atomic E-state index is 12.4. The Morgan fingerprint density at radius 2 is 1.90 bits per heavy atom. The van der Waals surface area contributed by atoms with Crippen LogP contribution in [-0.2, 0) is 11.2 Å². The minimum atomic E-state index is -0.139. The van der Waals surface area contributed by atoms with E-state index in [-0.39, 0.29) is 12.3 Å². The zero-order valence-electron chi connectivity index (χ0n) is 16.0. The third-order valence-electron chi connectivity index (χ3n) is 4.15. The topological polar surface area (TPSA) is 73.3 Å². The van der Waals surface area contributed by atoms with E-state index >= 15 is 0 Å². The van der Waals surface area contributed by atoms with Crippen LogP contribution in [0.3, 0.4) is 0 Å². The number of rotatable bonds is 7. The van der Waals surface area contributed by atoms with Crippen LogP contribution in [0.4, 0.5) is 5.13 Å². The van der Waals surface area contributed by atoms with Gasteiger partial charge in [-0.2, -0.15) is 0 Å². The quantitative estimate of drug-likeness (QED) is 0.451. The summed E-state index contributed by atoms with van der Waals surface area (Å²) in [5.41, 5.74) is 2.57. The predicted molar refractivity (Wildman–Crippen MR) is 117 cm³/mol. The van der Waals surface area contributed by atoms with Crippen LogP contribution in [0, 0.1) is 0 Å². The minimum Gasteiger partial charge on any atom is -0.497 e. The number of fused-ring (bicyclic) bond motifs is 1. The Morgan fingerprint density at radius 3 is 2.66 bits per heavy atom. The Labute approximate surface area is 176 Å². The Bertz CT molecular complexity index is 1140. The number of anilines is 1. The molecule has 0 aliphatic carbocycles. The van der Waals surface area contributed by atoms with E-state index in [4.69, 9.17) is 9.47 Å². The molecule has 0 aliphatic heterocycles. The number of nitrogens with zero attached hydrogens (tertiary/aromatic N) is 2. The first-order valence-electron chi connectivity index (χ1n) is 9.06. The van der Waals surface area contributed by atoms with Crippen molar-refractivity contribution in [2.24, 2.45) is 0 Å². The number of carbonyl (C=O) groups excluding carboxylic acids is 1. The molecule has 0 aliphatic rings. The second-order valence-corrected chi connectivity index (χ2v) is 8.07. The number of carbonyl (C=O) groups is 1. The summed E-state index contributed by atoms with van der Waals surface area (Å²) < 4.78 is 11.7. The molecule has 0 fully saturated rings. The van der Waals surface area contributed by atoms with Crippen molar-refractivity contribution in [1.82, 2.24) is 9.97 Å². The van der Waals surface area contributed by atoms with Crippen LogP contribution in [-0.4, -0.2) is 29.6 Å². The molecule has 4 rings (SSSR count). The summed E-state index contributed by atoms with van der Waals surface area (Å²) >= 11 is 2.94. The SMILES string of the molecule is CCOc1ccc(-c2nc(CC(=O)Nc3nc4ccc(OC)cc4s3)cs2)cc1. The molecule has 2 aromatic carbocycles. The van der Waals surface area contributed by atoms with E-state index in [0.717, 1.165) is 38.0 Å². The Balaban J connectivity index is 1.41. The number of hydrogen-bond donors (Lipinski definition) is 1. The number of benzene rings is 2. The van der Waals surface area contributed by atoms with Crippen LogP contribution in [0.1, 0.15) is 12.6 Å². The third kappa shape index (κ3) is 4.55. The summed E-state index contributed by atoms with van der Waals surface area (Å²) in [4.78, 5) is 21.5. The molecule has 1 N–H and O–H groups in total. The number of ether oxygens (including phenoxy) is 2. The lowest BCUT2D eigenvalue weighted by Crippen LogP contribution is -2.14. The molecular formula is C21H19N3O3S2. The third-order valence-corrected chi connectivity index (χ3v) is 6.02. The van der Waals surface area contributed by atoms with Gasteiger partial charge in [0.15, 0.2) is 5.13 Å². The largest absolute Gasteiger partial charge is 0.497 e. The molecule has 0 bridgehead atoms. The first-order valence-corrected chi connectivity index (χ1v) is 10.8. The van der Waals surface area contributed by atoms with Crippen LogP contribution < -0.4 is 14.8 Å². The van der Waals surface area contributed by atoms with Gasteiger partial charge in [0.05, 0.1) is 36.0 Å². The van der Waals surface area contributed by atoms with Gasteiger partial charge in [-0.15, -0.1) is 11.3 Å². The Morgan fingerprint density at radius 1 is 1.10 bits per heavy atom. The number of nitrogens with one attached hydrogen (secondary N) is 1. The van der Waals surface area contributed by atoms with Gasteiger partial charge in [-0.1, -0.05) is 11.3 Å². The van der Waals surface area contributed by atoms with Gasteiger partial charge >= 0.3 is 0 Å². The summed E-state index contributed by atoms with van der Waals surface area (Å²) in [5, 5.41) is 6.22. The number of methoxy groups -OCH3 is 1. The van der Waals surface area contributed by atoms with Crippen LogP contribution in [0.25, 0.3) is 20.8 Å². The molecule has 0 spiro atoms. The van der Waals surface area contributed by atoms with E-state index in [1.165, 1.54) is 22.7 Å². The number of aromatic nitrogens is 2. The van der Waals surface area contributed by atoms with E-state index in [1.54, 1.807) is 7.11 Å². The number of thiazole rings is 2. The van der Waals surface area contributed by atoms with Gasteiger partial charge < -0.3 is 14.8 Å². The molecule has 29 heavy (non-hydrogen) atoms. The predicted octanol–water partition coefficient (Wildman–Crippen LogP) is 5.01. The molecule has 0 unspecified atom stereocenters. The van der Waals surface area contributed by atoms with E-state index in [0.29, 0.717) is 11.7 Å². The highest BCUT2D eigenvalue weighted by Crippen LogP contribution is 2.29. The maximum absolute atomic E-state index is 12.4. The average Bonchev–Trinajstić information content (AvgIpc) is 3.34. The summed E-state index contributed by atoms with van der Waals surface area (Å²) in [5.74, 6) is 1.46. The van der Waals surface area contributed by atoms with Crippen LogP contribution >= 0.6 is 22.7 Å². The van der Waals surface area contributed by atoms with Crippen molar-refractivity contribution in [3.63, 3.8) is 0 Å². The second-order valence-electron chi connectivity index (χ2n) is 6.18. The van der Waals surface area contributed by atoms with Crippen molar-refractivity contribution in [3.05, 3.63) is 53.5 Å². The number of amides is 1. The molecule has 148 valence electrons. The van der Waals surface area contributed by atoms with Gasteiger partial charge in [-0.25, -0.2) is 9.97 Å². The average molecular weight is 426 g/mol. The minimum absolute atomic E-state index is 0.139. The van der Waals surface area contributed by atoms with Crippen molar-refractivity contribution in [2.75, 3.05) is 19.0 Å². The van der Waals surface area contributed by atoms with Crippen LogP contribution in [0.5, 0.6) is 11.5 Å². The molecule has 8 heteroatoms. The van der Waals surface area contributed by atoms with Crippen molar-refractivity contribution in [2.45, 2.75) is 13.3 Å². The second kappa shape index (κ2) is 8.59. The first kappa shape index (κ1) is 19.4. The van der Waals surface area contributed by atoms with Crippen molar-refractivity contribution in [1.29, 1.82) is 0 Å². The van der Waals surface area contributed by atoms with Gasteiger partial charge in [0, 0.05) is 10.9 Å². The highest BCUT2D eigenvalue weighted by Gasteiger charge is 2.12. The van der Waals surface area contributed by atoms with Gasteiger partial charge in [0.25, 0.3) is 0 Å². The summed E-state index contributed by atoms with van der Waals surface area (Å²) in [6.45, 7) is 2.59. The molecule has 0 atom stereocenters. The smallest absolute Gasteiger partial charge is 0.232 e. The number of hydrogen-bond acceptors (Lipinski definition) is 7. The van der Waals surface area contributed by atoms with E-state index in [1.807, 2.05) is 54.8 Å². The maximum Gasteiger partial charge on any atom is 0.232 e. The molecule has 6 nitrogen and oxygen atoms in total. The van der Waals surface area contributed by atoms with Gasteiger partial charge in [0.2, 0.25) is 5.91 Å². The van der Waals surface area contributed by atoms with E-state index in [2.05, 4.69) is 15.3 Å². The van der Waals surface area contributed by atoms with E-state index in [9.17, 15) is 4.79 Å². The Kier molecular flexibility index (Phi) is 5.73. The molecule has 4 aromatic rings. The normalized spacial score (nSPS) is 10.8. The zero-order valence-corrected chi connectivity index (χ0v) is 17.6. The van der Waals surface area contributed by atoms with Gasteiger partial charge in [0.1, 0.15) is 16.5 Å². The summed E-state index contributed by atoms with van der Waals surface area (Å²) in [7, 11) is 1.63. The molecular weight excluding hydrogens is 406 g/mol. The summed E-state index contributed by atoms with van der Waals surface area (Å²) in [6, 6.07) is 13.4. The molecule has 2 heterocycles. The van der Waals surface area contributed by atoms with Gasteiger partial charge in [-0.05, 0) is 49.4 Å². The lowest BCUT2D eigenvalue weighted by molar-refractivity contribution is -0.115. The lowest BCUT2D eigenvalue weighted by Gasteiger charge is -2.03. The van der Waals surface area contributed by atoms with Crippen molar-refractivity contribution in [3.8, 4) is 22.1 Å². The van der Waals surface area contributed by atoms with E-state index < -0.39 is 0 Å². The van der Waals surface area contributed by atoms with Crippen molar-refractivity contribution < 1.29 is 14.3 Å². The molecule has 1 amide bonds. The molecule has 0 saturated heterocycles. The fourth-order valence-electron chi connectivity index (χ4n) is 2.79.